The van der Waals surface area contributed by atoms with E-state index in [9.17, 15) is 4.79 Å². The molecule has 0 spiro atoms. The lowest BCUT2D eigenvalue weighted by Crippen LogP contribution is -2.24. The van der Waals surface area contributed by atoms with Gasteiger partial charge in [-0.3, -0.25) is 14.6 Å². The van der Waals surface area contributed by atoms with Gasteiger partial charge in [0.05, 0.1) is 27.9 Å². The number of nitrogens with one attached hydrogen (secondary N) is 2. The predicted molar refractivity (Wildman–Crippen MR) is 70.4 cm³/mol. The van der Waals surface area contributed by atoms with E-state index in [0.717, 1.165) is 16.7 Å². The third-order valence-corrected chi connectivity index (χ3v) is 3.30. The Hall–Kier alpha value is -1.34. The monoisotopic (exact) mass is 331 g/mol. The highest BCUT2D eigenvalue weighted by atomic mass is 79.9. The van der Waals surface area contributed by atoms with Gasteiger partial charge in [0.2, 0.25) is 0 Å². The molecule has 18 heavy (non-hydrogen) atoms. The van der Waals surface area contributed by atoms with Crippen molar-refractivity contribution in [3.8, 4) is 0 Å². The van der Waals surface area contributed by atoms with E-state index >= 15 is 0 Å². The Kier molecular flexibility index (Phi) is 4.03. The first kappa shape index (κ1) is 13.1. The lowest BCUT2D eigenvalue weighted by atomic mass is 10.3. The van der Waals surface area contributed by atoms with E-state index < -0.39 is 0 Å². The van der Waals surface area contributed by atoms with Crippen molar-refractivity contribution in [2.45, 2.75) is 20.0 Å². The number of carbonyl (C=O) groups is 1. The molecule has 2 aromatic rings. The van der Waals surface area contributed by atoms with Crippen LogP contribution in [0.3, 0.4) is 0 Å². The molecule has 6 nitrogen and oxygen atoms in total. The Morgan fingerprint density at radius 1 is 1.67 bits per heavy atom. The lowest BCUT2D eigenvalue weighted by molar-refractivity contribution is 0.0945. The second kappa shape index (κ2) is 5.53. The summed E-state index contributed by atoms with van der Waals surface area (Å²) in [6, 6.07) is 0. The van der Waals surface area contributed by atoms with Crippen LogP contribution in [0.1, 0.15) is 23.1 Å². The summed E-state index contributed by atoms with van der Waals surface area (Å²) in [6.07, 6.45) is 3.25. The Balaban J connectivity index is 2.01. The van der Waals surface area contributed by atoms with E-state index in [1.807, 2.05) is 13.1 Å². The van der Waals surface area contributed by atoms with E-state index in [-0.39, 0.29) is 11.6 Å². The summed E-state index contributed by atoms with van der Waals surface area (Å²) in [5.41, 5.74) is 1.02. The molecular weight excluding hydrogens is 322 g/mol. The van der Waals surface area contributed by atoms with Gasteiger partial charge in [-0.25, -0.2) is 0 Å². The molecule has 0 saturated heterocycles. The zero-order chi connectivity index (χ0) is 13.1. The van der Waals surface area contributed by atoms with Crippen molar-refractivity contribution in [2.75, 3.05) is 0 Å². The number of rotatable bonds is 4. The SMILES string of the molecule is CCn1cc(Br)c(CNC(=O)c2[nH]ncc2Cl)n1. The molecule has 0 aliphatic carbocycles. The molecule has 0 saturated carbocycles. The molecule has 0 aromatic carbocycles. The highest BCUT2D eigenvalue weighted by Crippen LogP contribution is 2.15. The minimum Gasteiger partial charge on any atom is -0.345 e. The number of amides is 1. The van der Waals surface area contributed by atoms with Crippen LogP contribution < -0.4 is 5.32 Å². The average molecular weight is 333 g/mol. The number of aryl methyl sites for hydroxylation is 1. The van der Waals surface area contributed by atoms with Gasteiger partial charge in [-0.15, -0.1) is 0 Å². The van der Waals surface area contributed by atoms with Crippen molar-refractivity contribution in [1.29, 1.82) is 0 Å². The van der Waals surface area contributed by atoms with E-state index in [1.54, 1.807) is 4.68 Å². The van der Waals surface area contributed by atoms with Crippen molar-refractivity contribution >= 4 is 33.4 Å². The molecular formula is C10H11BrClN5O. The Labute approximate surface area is 117 Å². The molecule has 0 fully saturated rings. The van der Waals surface area contributed by atoms with Crippen LogP contribution in [0.4, 0.5) is 0 Å². The van der Waals surface area contributed by atoms with Gasteiger partial charge in [-0.2, -0.15) is 10.2 Å². The molecule has 1 amide bonds. The zero-order valence-corrected chi connectivity index (χ0v) is 11.9. The molecule has 0 atom stereocenters. The van der Waals surface area contributed by atoms with Gasteiger partial charge in [0.15, 0.2) is 0 Å². The largest absolute Gasteiger partial charge is 0.345 e. The first-order valence-corrected chi connectivity index (χ1v) is 6.47. The predicted octanol–water partition coefficient (Wildman–Crippen LogP) is 1.97. The normalized spacial score (nSPS) is 10.6. The summed E-state index contributed by atoms with van der Waals surface area (Å²) in [6.45, 7) is 3.09. The molecule has 0 aliphatic rings. The summed E-state index contributed by atoms with van der Waals surface area (Å²) in [7, 11) is 0. The number of hydrogen-bond donors (Lipinski definition) is 2. The number of halogens is 2. The summed E-state index contributed by atoms with van der Waals surface area (Å²) in [5, 5.41) is 13.5. The lowest BCUT2D eigenvalue weighted by Gasteiger charge is -2.02. The molecule has 2 aromatic heterocycles. The fourth-order valence-corrected chi connectivity index (χ4v) is 2.03. The summed E-state index contributed by atoms with van der Waals surface area (Å²) < 4.78 is 2.65. The molecule has 0 bridgehead atoms. The van der Waals surface area contributed by atoms with Crippen LogP contribution in [-0.4, -0.2) is 25.9 Å². The van der Waals surface area contributed by atoms with Gasteiger partial charge in [0, 0.05) is 12.7 Å². The molecule has 8 heteroatoms. The molecule has 2 N–H and O–H groups in total. The van der Waals surface area contributed by atoms with Crippen LogP contribution >= 0.6 is 27.5 Å². The van der Waals surface area contributed by atoms with Gasteiger partial charge in [0.1, 0.15) is 5.69 Å². The summed E-state index contributed by atoms with van der Waals surface area (Å²) >= 11 is 9.18. The summed E-state index contributed by atoms with van der Waals surface area (Å²) in [5.74, 6) is -0.310. The Bertz CT molecular complexity index is 564. The van der Waals surface area contributed by atoms with Crippen molar-refractivity contribution in [3.05, 3.63) is 33.3 Å². The molecule has 0 radical (unpaired) electrons. The second-order valence-electron chi connectivity index (χ2n) is 3.56. The number of carbonyl (C=O) groups excluding carboxylic acids is 1. The van der Waals surface area contributed by atoms with Crippen LogP contribution in [0.15, 0.2) is 16.9 Å². The van der Waals surface area contributed by atoms with Gasteiger partial charge < -0.3 is 5.32 Å². The topological polar surface area (TPSA) is 75.6 Å². The van der Waals surface area contributed by atoms with Crippen molar-refractivity contribution < 1.29 is 4.79 Å². The number of H-pyrrole nitrogens is 1. The minimum absolute atomic E-state index is 0.253. The van der Waals surface area contributed by atoms with Gasteiger partial charge >= 0.3 is 0 Å². The fourth-order valence-electron chi connectivity index (χ4n) is 1.40. The number of aromatic amines is 1. The van der Waals surface area contributed by atoms with Gasteiger partial charge in [0.25, 0.3) is 5.91 Å². The number of nitrogens with zero attached hydrogens (tertiary/aromatic N) is 3. The number of hydrogen-bond acceptors (Lipinski definition) is 3. The molecule has 96 valence electrons. The molecule has 0 aliphatic heterocycles. The van der Waals surface area contributed by atoms with Crippen molar-refractivity contribution in [3.63, 3.8) is 0 Å². The van der Waals surface area contributed by atoms with E-state index in [4.69, 9.17) is 11.6 Å². The maximum absolute atomic E-state index is 11.8. The van der Waals surface area contributed by atoms with Crippen LogP contribution in [0.2, 0.25) is 5.02 Å². The quantitative estimate of drug-likeness (QED) is 0.899. The van der Waals surface area contributed by atoms with Gasteiger partial charge in [-0.1, -0.05) is 11.6 Å². The first-order valence-electron chi connectivity index (χ1n) is 5.30. The highest BCUT2D eigenvalue weighted by molar-refractivity contribution is 9.10. The van der Waals surface area contributed by atoms with Crippen molar-refractivity contribution in [1.82, 2.24) is 25.3 Å². The van der Waals surface area contributed by atoms with Gasteiger partial charge in [-0.05, 0) is 22.9 Å². The molecule has 2 heterocycles. The maximum Gasteiger partial charge on any atom is 0.271 e. The smallest absolute Gasteiger partial charge is 0.271 e. The van der Waals surface area contributed by atoms with Crippen molar-refractivity contribution in [2.24, 2.45) is 0 Å². The molecule has 2 rings (SSSR count). The van der Waals surface area contributed by atoms with E-state index in [1.165, 1.54) is 6.20 Å². The van der Waals surface area contributed by atoms with Crippen LogP contribution in [0.25, 0.3) is 0 Å². The number of aromatic nitrogens is 4. The average Bonchev–Trinajstić information content (AvgIpc) is 2.92. The van der Waals surface area contributed by atoms with E-state index in [0.29, 0.717) is 11.6 Å². The second-order valence-corrected chi connectivity index (χ2v) is 4.82. The Morgan fingerprint density at radius 3 is 3.00 bits per heavy atom. The maximum atomic E-state index is 11.8. The Morgan fingerprint density at radius 2 is 2.44 bits per heavy atom. The summed E-state index contributed by atoms with van der Waals surface area (Å²) in [4.78, 5) is 11.8. The molecule has 0 unspecified atom stereocenters. The van der Waals surface area contributed by atoms with Crippen LogP contribution in [-0.2, 0) is 13.1 Å². The third kappa shape index (κ3) is 2.73. The standard InChI is InChI=1S/C10H11BrClN5O/c1-2-17-5-6(11)8(16-17)4-13-10(18)9-7(12)3-14-15-9/h3,5H,2,4H2,1H3,(H,13,18)(H,14,15). The first-order chi connectivity index (χ1) is 8.61. The van der Waals surface area contributed by atoms with Crippen LogP contribution in [0.5, 0.6) is 0 Å². The van der Waals surface area contributed by atoms with Crippen LogP contribution in [0, 0.1) is 0 Å². The minimum atomic E-state index is -0.310. The van der Waals surface area contributed by atoms with E-state index in [2.05, 4.69) is 36.5 Å². The third-order valence-electron chi connectivity index (χ3n) is 2.35. The zero-order valence-electron chi connectivity index (χ0n) is 9.57. The highest BCUT2D eigenvalue weighted by Gasteiger charge is 2.13. The fraction of sp³-hybridized carbons (Fsp3) is 0.300.